The highest BCUT2D eigenvalue weighted by atomic mass is 16.1. The van der Waals surface area contributed by atoms with Crippen LogP contribution in [0.2, 0.25) is 0 Å². The first-order chi connectivity index (χ1) is 13.1. The van der Waals surface area contributed by atoms with E-state index in [1.807, 2.05) is 32.0 Å². The summed E-state index contributed by atoms with van der Waals surface area (Å²) in [6.07, 6.45) is 2.61. The van der Waals surface area contributed by atoms with Crippen molar-refractivity contribution in [2.24, 2.45) is 0 Å². The van der Waals surface area contributed by atoms with Crippen molar-refractivity contribution in [2.75, 3.05) is 16.8 Å². The van der Waals surface area contributed by atoms with Crippen molar-refractivity contribution in [1.82, 2.24) is 9.97 Å². The maximum absolute atomic E-state index is 12.7. The Balaban J connectivity index is 1.54. The minimum atomic E-state index is -0.218. The summed E-state index contributed by atoms with van der Waals surface area (Å²) in [4.78, 5) is 23.7. The topological polar surface area (TPSA) is 58.1 Å². The van der Waals surface area contributed by atoms with Gasteiger partial charge in [-0.3, -0.25) is 4.79 Å². The van der Waals surface area contributed by atoms with Crippen LogP contribution < -0.4 is 10.2 Å². The van der Waals surface area contributed by atoms with Crippen molar-refractivity contribution < 1.29 is 4.79 Å². The molecule has 0 atom stereocenters. The third-order valence-corrected chi connectivity index (χ3v) is 4.93. The van der Waals surface area contributed by atoms with Crippen LogP contribution in [0, 0.1) is 13.8 Å². The lowest BCUT2D eigenvalue weighted by Gasteiger charge is -2.28. The molecule has 0 unspecified atom stereocenters. The summed E-state index contributed by atoms with van der Waals surface area (Å²) in [7, 11) is 0. The Labute approximate surface area is 159 Å². The number of hydrogen-bond acceptors (Lipinski definition) is 4. The standard InChI is InChI=1S/C22H22N4O/c1-15-7-8-16(2)20(13-15)24-21(27)19-9-11-23-22(25-19)26-12-10-17-5-3-4-6-18(17)14-26/h3-9,11,13H,10,12,14H2,1-2H3,(H,24,27). The number of aryl methyl sites for hydroxylation is 2. The maximum atomic E-state index is 12.7. The monoisotopic (exact) mass is 358 g/mol. The van der Waals surface area contributed by atoms with Crippen LogP contribution in [0.25, 0.3) is 0 Å². The van der Waals surface area contributed by atoms with Crippen LogP contribution in [-0.4, -0.2) is 22.4 Å². The number of fused-ring (bicyclic) bond motifs is 1. The Kier molecular flexibility index (Phi) is 4.59. The van der Waals surface area contributed by atoms with Crippen molar-refractivity contribution in [2.45, 2.75) is 26.8 Å². The molecule has 1 aromatic heterocycles. The van der Waals surface area contributed by atoms with Crippen LogP contribution in [0.3, 0.4) is 0 Å². The Morgan fingerprint density at radius 3 is 2.74 bits per heavy atom. The van der Waals surface area contributed by atoms with Gasteiger partial charge in [0.1, 0.15) is 5.69 Å². The van der Waals surface area contributed by atoms with E-state index in [9.17, 15) is 4.79 Å². The normalized spacial score (nSPS) is 13.2. The lowest BCUT2D eigenvalue weighted by Crippen LogP contribution is -2.32. The number of nitrogens with zero attached hydrogens (tertiary/aromatic N) is 3. The summed E-state index contributed by atoms with van der Waals surface area (Å²) >= 11 is 0. The molecule has 4 rings (SSSR count). The van der Waals surface area contributed by atoms with Gasteiger partial charge in [-0.2, -0.15) is 0 Å². The molecule has 27 heavy (non-hydrogen) atoms. The Hall–Kier alpha value is -3.21. The lowest BCUT2D eigenvalue weighted by atomic mass is 10.0. The summed E-state index contributed by atoms with van der Waals surface area (Å²) in [5.74, 6) is 0.378. The molecule has 0 fully saturated rings. The zero-order valence-electron chi connectivity index (χ0n) is 15.6. The minimum Gasteiger partial charge on any atom is -0.336 e. The van der Waals surface area contributed by atoms with Crippen LogP contribution in [0.5, 0.6) is 0 Å². The van der Waals surface area contributed by atoms with Gasteiger partial charge >= 0.3 is 0 Å². The van der Waals surface area contributed by atoms with Crippen molar-refractivity contribution >= 4 is 17.5 Å². The van der Waals surface area contributed by atoms with E-state index < -0.39 is 0 Å². The molecule has 2 heterocycles. The highest BCUT2D eigenvalue weighted by molar-refractivity contribution is 6.03. The molecule has 1 aliphatic rings. The fourth-order valence-corrected chi connectivity index (χ4v) is 3.35. The zero-order valence-corrected chi connectivity index (χ0v) is 15.6. The molecule has 0 spiro atoms. The number of rotatable bonds is 3. The fourth-order valence-electron chi connectivity index (χ4n) is 3.35. The molecule has 0 radical (unpaired) electrons. The molecular weight excluding hydrogens is 336 g/mol. The zero-order chi connectivity index (χ0) is 18.8. The Morgan fingerprint density at radius 2 is 1.89 bits per heavy atom. The number of amides is 1. The lowest BCUT2D eigenvalue weighted by molar-refractivity contribution is 0.102. The molecule has 136 valence electrons. The summed E-state index contributed by atoms with van der Waals surface area (Å²) < 4.78 is 0. The predicted molar refractivity (Wildman–Crippen MR) is 107 cm³/mol. The van der Waals surface area contributed by atoms with Crippen molar-refractivity contribution in [3.63, 3.8) is 0 Å². The van der Waals surface area contributed by atoms with Gasteiger partial charge in [-0.05, 0) is 54.7 Å². The van der Waals surface area contributed by atoms with Gasteiger partial charge in [0.25, 0.3) is 5.91 Å². The first-order valence-electron chi connectivity index (χ1n) is 9.13. The van der Waals surface area contributed by atoms with Gasteiger partial charge in [0.15, 0.2) is 0 Å². The SMILES string of the molecule is Cc1ccc(C)c(NC(=O)c2ccnc(N3CCc4ccccc4C3)n2)c1. The molecule has 3 aromatic rings. The van der Waals surface area contributed by atoms with Gasteiger partial charge in [-0.1, -0.05) is 36.4 Å². The van der Waals surface area contributed by atoms with Gasteiger partial charge < -0.3 is 10.2 Å². The van der Waals surface area contributed by atoms with E-state index in [0.29, 0.717) is 11.6 Å². The number of hydrogen-bond donors (Lipinski definition) is 1. The second-order valence-corrected chi connectivity index (χ2v) is 6.95. The van der Waals surface area contributed by atoms with Crippen molar-refractivity contribution in [1.29, 1.82) is 0 Å². The molecule has 0 bridgehead atoms. The first kappa shape index (κ1) is 17.2. The molecule has 1 aliphatic heterocycles. The largest absolute Gasteiger partial charge is 0.336 e. The predicted octanol–water partition coefficient (Wildman–Crippen LogP) is 3.91. The molecule has 1 amide bonds. The average molecular weight is 358 g/mol. The van der Waals surface area contributed by atoms with Crippen LogP contribution >= 0.6 is 0 Å². The third kappa shape index (κ3) is 3.67. The highest BCUT2D eigenvalue weighted by Gasteiger charge is 2.19. The van der Waals surface area contributed by atoms with Crippen LogP contribution in [-0.2, 0) is 13.0 Å². The Bertz CT molecular complexity index is 999. The summed E-state index contributed by atoms with van der Waals surface area (Å²) in [5.41, 5.74) is 5.98. The number of carbonyl (C=O) groups excluding carboxylic acids is 1. The Morgan fingerprint density at radius 1 is 1.07 bits per heavy atom. The van der Waals surface area contributed by atoms with Gasteiger partial charge in [0.2, 0.25) is 5.95 Å². The number of nitrogens with one attached hydrogen (secondary N) is 1. The molecular formula is C22H22N4O. The van der Waals surface area contributed by atoms with Crippen molar-refractivity contribution in [3.8, 4) is 0 Å². The van der Waals surface area contributed by atoms with Crippen LogP contribution in [0.1, 0.15) is 32.7 Å². The van der Waals surface area contributed by atoms with Crippen LogP contribution in [0.15, 0.2) is 54.7 Å². The van der Waals surface area contributed by atoms with E-state index >= 15 is 0 Å². The van der Waals surface area contributed by atoms with E-state index in [-0.39, 0.29) is 5.91 Å². The number of carbonyl (C=O) groups is 1. The van der Waals surface area contributed by atoms with E-state index in [4.69, 9.17) is 0 Å². The number of anilines is 2. The molecule has 5 heteroatoms. The second kappa shape index (κ2) is 7.19. The third-order valence-electron chi connectivity index (χ3n) is 4.93. The van der Waals surface area contributed by atoms with Gasteiger partial charge in [0.05, 0.1) is 0 Å². The van der Waals surface area contributed by atoms with Gasteiger partial charge in [-0.15, -0.1) is 0 Å². The van der Waals surface area contributed by atoms with E-state index in [1.165, 1.54) is 11.1 Å². The quantitative estimate of drug-likeness (QED) is 0.771. The first-order valence-corrected chi connectivity index (χ1v) is 9.13. The van der Waals surface area contributed by atoms with Crippen molar-refractivity contribution in [3.05, 3.63) is 82.7 Å². The smallest absolute Gasteiger partial charge is 0.274 e. The molecule has 2 aromatic carbocycles. The summed E-state index contributed by atoms with van der Waals surface area (Å²) in [5, 5.41) is 2.97. The molecule has 0 saturated carbocycles. The minimum absolute atomic E-state index is 0.218. The molecule has 0 saturated heterocycles. The van der Waals surface area contributed by atoms with Crippen LogP contribution in [0.4, 0.5) is 11.6 Å². The number of benzene rings is 2. The highest BCUT2D eigenvalue weighted by Crippen LogP contribution is 2.22. The fraction of sp³-hybridized carbons (Fsp3) is 0.227. The van der Waals surface area contributed by atoms with E-state index in [0.717, 1.165) is 36.3 Å². The maximum Gasteiger partial charge on any atom is 0.274 e. The number of aromatic nitrogens is 2. The second-order valence-electron chi connectivity index (χ2n) is 6.95. The average Bonchev–Trinajstić information content (AvgIpc) is 2.70. The van der Waals surface area contributed by atoms with E-state index in [1.54, 1.807) is 12.3 Å². The summed E-state index contributed by atoms with van der Waals surface area (Å²) in [6, 6.07) is 16.1. The molecule has 1 N–H and O–H groups in total. The van der Waals surface area contributed by atoms with Gasteiger partial charge in [0, 0.05) is 25.0 Å². The van der Waals surface area contributed by atoms with Gasteiger partial charge in [-0.25, -0.2) is 9.97 Å². The molecule has 0 aliphatic carbocycles. The summed E-state index contributed by atoms with van der Waals surface area (Å²) in [6.45, 7) is 5.59. The van der Waals surface area contributed by atoms with E-state index in [2.05, 4.69) is 44.5 Å². The molecule has 5 nitrogen and oxygen atoms in total.